The Labute approximate surface area is 110 Å². The van der Waals surface area contributed by atoms with Crippen LogP contribution >= 0.6 is 0 Å². The van der Waals surface area contributed by atoms with Gasteiger partial charge < -0.3 is 15.0 Å². The molecular formula is C13H24N4O. The quantitative estimate of drug-likeness (QED) is 0.712. The van der Waals surface area contributed by atoms with Gasteiger partial charge in [-0.3, -0.25) is 0 Å². The number of nitrogens with one attached hydrogen (secondary N) is 1. The smallest absolute Gasteiger partial charge is 0.218 e. The molecule has 0 saturated heterocycles. The number of ether oxygens (including phenoxy) is 1. The van der Waals surface area contributed by atoms with E-state index in [1.54, 1.807) is 0 Å². The molecule has 5 heteroatoms. The Morgan fingerprint density at radius 2 is 2.06 bits per heavy atom. The van der Waals surface area contributed by atoms with E-state index in [0.29, 0.717) is 12.5 Å². The summed E-state index contributed by atoms with van der Waals surface area (Å²) < 4.78 is 5.43. The second kappa shape index (κ2) is 7.87. The zero-order valence-electron chi connectivity index (χ0n) is 11.9. The first-order chi connectivity index (χ1) is 8.67. The van der Waals surface area contributed by atoms with Crippen molar-refractivity contribution < 1.29 is 4.74 Å². The van der Waals surface area contributed by atoms with Crippen LogP contribution in [-0.4, -0.2) is 43.3 Å². The molecule has 0 aliphatic heterocycles. The summed E-state index contributed by atoms with van der Waals surface area (Å²) in [4.78, 5) is 10.8. The number of hydrogen-bond donors (Lipinski definition) is 1. The van der Waals surface area contributed by atoms with Gasteiger partial charge in [0, 0.05) is 26.2 Å². The number of nitrogens with zero attached hydrogens (tertiary/aromatic N) is 3. The molecule has 1 rings (SSSR count). The summed E-state index contributed by atoms with van der Waals surface area (Å²) in [6.45, 7) is 9.56. The van der Waals surface area contributed by atoms with E-state index in [-0.39, 0.29) is 0 Å². The highest BCUT2D eigenvalue weighted by Crippen LogP contribution is 2.15. The standard InChI is InChI=1S/C13H24N4O/c1-5-7-14-8-9-17(4)12-10-13(18-6-2)16-11(3)15-12/h10,14H,5-9H2,1-4H3. The average Bonchev–Trinajstić information content (AvgIpc) is 2.34. The first-order valence-electron chi connectivity index (χ1n) is 6.57. The Bertz CT molecular complexity index is 357. The van der Waals surface area contributed by atoms with Crippen molar-refractivity contribution in [3.05, 3.63) is 11.9 Å². The molecule has 0 bridgehead atoms. The van der Waals surface area contributed by atoms with Crippen LogP contribution < -0.4 is 15.0 Å². The van der Waals surface area contributed by atoms with Gasteiger partial charge in [0.2, 0.25) is 5.88 Å². The molecule has 0 saturated carbocycles. The summed E-state index contributed by atoms with van der Waals surface area (Å²) in [6, 6.07) is 1.89. The van der Waals surface area contributed by atoms with Crippen molar-refractivity contribution in [2.45, 2.75) is 27.2 Å². The number of likely N-dealkylation sites (N-methyl/N-ethyl adjacent to an activating group) is 1. The van der Waals surface area contributed by atoms with Gasteiger partial charge in [-0.15, -0.1) is 0 Å². The van der Waals surface area contributed by atoms with Crippen molar-refractivity contribution in [3.8, 4) is 5.88 Å². The van der Waals surface area contributed by atoms with Gasteiger partial charge in [0.1, 0.15) is 11.6 Å². The lowest BCUT2D eigenvalue weighted by Gasteiger charge is -2.19. The molecule has 0 aliphatic carbocycles. The minimum Gasteiger partial charge on any atom is -0.478 e. The van der Waals surface area contributed by atoms with Crippen LogP contribution in [-0.2, 0) is 0 Å². The maximum atomic E-state index is 5.43. The van der Waals surface area contributed by atoms with Gasteiger partial charge in [-0.25, -0.2) is 4.98 Å². The summed E-state index contributed by atoms with van der Waals surface area (Å²) >= 11 is 0. The van der Waals surface area contributed by atoms with Gasteiger partial charge >= 0.3 is 0 Å². The lowest BCUT2D eigenvalue weighted by molar-refractivity contribution is 0.325. The number of rotatable bonds is 8. The average molecular weight is 252 g/mol. The number of aromatic nitrogens is 2. The van der Waals surface area contributed by atoms with Crippen LogP contribution in [0, 0.1) is 6.92 Å². The van der Waals surface area contributed by atoms with Crippen LogP contribution in [0.5, 0.6) is 5.88 Å². The molecule has 0 atom stereocenters. The molecule has 1 N–H and O–H groups in total. The van der Waals surface area contributed by atoms with Crippen LogP contribution in [0.1, 0.15) is 26.1 Å². The molecule has 0 aromatic carbocycles. The van der Waals surface area contributed by atoms with Crippen LogP contribution in [0.2, 0.25) is 0 Å². The Hall–Kier alpha value is -1.36. The van der Waals surface area contributed by atoms with Crippen molar-refractivity contribution >= 4 is 5.82 Å². The number of hydrogen-bond acceptors (Lipinski definition) is 5. The molecule has 18 heavy (non-hydrogen) atoms. The Kier molecular flexibility index (Phi) is 6.43. The highest BCUT2D eigenvalue weighted by atomic mass is 16.5. The molecule has 102 valence electrons. The third kappa shape index (κ3) is 4.87. The Morgan fingerprint density at radius 3 is 2.72 bits per heavy atom. The summed E-state index contributed by atoms with van der Waals surface area (Å²) in [5.74, 6) is 2.29. The van der Waals surface area contributed by atoms with E-state index in [9.17, 15) is 0 Å². The molecular weight excluding hydrogens is 228 g/mol. The van der Waals surface area contributed by atoms with Crippen LogP contribution in [0.25, 0.3) is 0 Å². The molecule has 0 aliphatic rings. The Morgan fingerprint density at radius 1 is 1.28 bits per heavy atom. The second-order valence-electron chi connectivity index (χ2n) is 4.22. The van der Waals surface area contributed by atoms with E-state index in [2.05, 4.69) is 27.1 Å². The lowest BCUT2D eigenvalue weighted by atomic mass is 10.4. The molecule has 5 nitrogen and oxygen atoms in total. The number of anilines is 1. The SMILES string of the molecule is CCCNCCN(C)c1cc(OCC)nc(C)n1. The van der Waals surface area contributed by atoms with Gasteiger partial charge in [-0.2, -0.15) is 4.98 Å². The summed E-state index contributed by atoms with van der Waals surface area (Å²) in [7, 11) is 2.03. The topological polar surface area (TPSA) is 50.3 Å². The molecule has 1 aromatic heterocycles. The van der Waals surface area contributed by atoms with E-state index in [0.717, 1.165) is 37.7 Å². The van der Waals surface area contributed by atoms with E-state index in [4.69, 9.17) is 4.74 Å². The normalized spacial score (nSPS) is 10.4. The Balaban J connectivity index is 2.58. The molecule has 0 amide bonds. The predicted molar refractivity (Wildman–Crippen MR) is 74.4 cm³/mol. The van der Waals surface area contributed by atoms with Gasteiger partial charge in [0.25, 0.3) is 0 Å². The molecule has 0 radical (unpaired) electrons. The molecule has 1 heterocycles. The molecule has 1 aromatic rings. The van der Waals surface area contributed by atoms with Crippen molar-refractivity contribution in [2.75, 3.05) is 38.2 Å². The largest absolute Gasteiger partial charge is 0.478 e. The van der Waals surface area contributed by atoms with Gasteiger partial charge in [0.05, 0.1) is 6.61 Å². The van der Waals surface area contributed by atoms with Gasteiger partial charge in [-0.05, 0) is 26.8 Å². The van der Waals surface area contributed by atoms with Crippen LogP contribution in [0.4, 0.5) is 5.82 Å². The fourth-order valence-corrected chi connectivity index (χ4v) is 1.61. The minimum atomic E-state index is 0.623. The zero-order valence-corrected chi connectivity index (χ0v) is 11.9. The molecule has 0 unspecified atom stereocenters. The van der Waals surface area contributed by atoms with E-state index in [1.807, 2.05) is 27.0 Å². The summed E-state index contributed by atoms with van der Waals surface area (Å²) in [5.41, 5.74) is 0. The lowest BCUT2D eigenvalue weighted by Crippen LogP contribution is -2.30. The maximum Gasteiger partial charge on any atom is 0.218 e. The van der Waals surface area contributed by atoms with Gasteiger partial charge in [0.15, 0.2) is 0 Å². The summed E-state index contributed by atoms with van der Waals surface area (Å²) in [5, 5.41) is 3.37. The van der Waals surface area contributed by atoms with Crippen molar-refractivity contribution in [2.24, 2.45) is 0 Å². The monoisotopic (exact) mass is 252 g/mol. The van der Waals surface area contributed by atoms with E-state index >= 15 is 0 Å². The van der Waals surface area contributed by atoms with Crippen molar-refractivity contribution in [1.29, 1.82) is 0 Å². The number of aryl methyl sites for hydroxylation is 1. The van der Waals surface area contributed by atoms with E-state index in [1.165, 1.54) is 0 Å². The fourth-order valence-electron chi connectivity index (χ4n) is 1.61. The zero-order chi connectivity index (χ0) is 13.4. The highest BCUT2D eigenvalue weighted by Gasteiger charge is 2.06. The molecule has 0 fully saturated rings. The van der Waals surface area contributed by atoms with Crippen LogP contribution in [0.3, 0.4) is 0 Å². The molecule has 0 spiro atoms. The highest BCUT2D eigenvalue weighted by molar-refractivity contribution is 5.40. The van der Waals surface area contributed by atoms with Crippen LogP contribution in [0.15, 0.2) is 6.07 Å². The predicted octanol–water partition coefficient (Wildman–Crippen LogP) is 1.62. The van der Waals surface area contributed by atoms with E-state index < -0.39 is 0 Å². The van der Waals surface area contributed by atoms with Crippen molar-refractivity contribution in [3.63, 3.8) is 0 Å². The fraction of sp³-hybridized carbons (Fsp3) is 0.692. The maximum absolute atomic E-state index is 5.43. The van der Waals surface area contributed by atoms with Gasteiger partial charge in [-0.1, -0.05) is 6.92 Å². The summed E-state index contributed by atoms with van der Waals surface area (Å²) in [6.07, 6.45) is 1.16. The second-order valence-corrected chi connectivity index (χ2v) is 4.22. The first kappa shape index (κ1) is 14.7. The van der Waals surface area contributed by atoms with Crippen molar-refractivity contribution in [1.82, 2.24) is 15.3 Å². The minimum absolute atomic E-state index is 0.623. The third-order valence-electron chi connectivity index (χ3n) is 2.54. The third-order valence-corrected chi connectivity index (χ3v) is 2.54. The first-order valence-corrected chi connectivity index (χ1v) is 6.57.